The van der Waals surface area contributed by atoms with Gasteiger partial charge in [-0.3, -0.25) is 14.4 Å². The molecule has 0 heterocycles. The van der Waals surface area contributed by atoms with Crippen LogP contribution in [0.2, 0.25) is 0 Å². The molecule has 5 heteroatoms. The average Bonchev–Trinajstić information content (AvgIpc) is 2.54. The van der Waals surface area contributed by atoms with Crippen molar-refractivity contribution in [2.75, 3.05) is 0 Å². The van der Waals surface area contributed by atoms with Crippen LogP contribution in [0.15, 0.2) is 18.2 Å². The highest BCUT2D eigenvalue weighted by atomic mass is 16.6. The molecule has 0 saturated carbocycles. The number of ether oxygens (including phenoxy) is 2. The summed E-state index contributed by atoms with van der Waals surface area (Å²) in [7, 11) is 0. The number of carbonyl (C=O) groups is 3. The fraction of sp³-hybridized carbons (Fsp3) is 0.550. The lowest BCUT2D eigenvalue weighted by molar-refractivity contribution is -0.134. The zero-order chi connectivity index (χ0) is 18.7. The lowest BCUT2D eigenvalue weighted by atomic mass is 10.0. The Morgan fingerprint density at radius 3 is 1.96 bits per heavy atom. The van der Waals surface area contributed by atoms with Crippen molar-refractivity contribution in [1.82, 2.24) is 0 Å². The van der Waals surface area contributed by atoms with E-state index >= 15 is 0 Å². The standard InChI is InChI=1S/C20H28O5/c1-4-5-6-7-8-9-10-11-18(23)17-12-13-19(24-15(2)21)20(14-17)25-16(3)22/h12-14H,4-11H2,1-3H3. The molecule has 0 amide bonds. The van der Waals surface area contributed by atoms with Crippen molar-refractivity contribution in [2.24, 2.45) is 0 Å². The molecular weight excluding hydrogens is 320 g/mol. The summed E-state index contributed by atoms with van der Waals surface area (Å²) in [4.78, 5) is 34.6. The molecule has 1 aromatic carbocycles. The maximum Gasteiger partial charge on any atom is 0.308 e. The lowest BCUT2D eigenvalue weighted by Crippen LogP contribution is -2.08. The Morgan fingerprint density at radius 1 is 0.800 bits per heavy atom. The van der Waals surface area contributed by atoms with Gasteiger partial charge in [0.25, 0.3) is 0 Å². The van der Waals surface area contributed by atoms with E-state index in [1.54, 1.807) is 6.07 Å². The molecule has 0 unspecified atom stereocenters. The highest BCUT2D eigenvalue weighted by molar-refractivity contribution is 5.97. The molecule has 0 bridgehead atoms. The Morgan fingerprint density at radius 2 is 1.36 bits per heavy atom. The minimum Gasteiger partial charge on any atom is -0.423 e. The van der Waals surface area contributed by atoms with E-state index in [4.69, 9.17) is 9.47 Å². The van der Waals surface area contributed by atoms with Gasteiger partial charge in [-0.05, 0) is 24.6 Å². The first-order valence-electron chi connectivity index (χ1n) is 8.98. The van der Waals surface area contributed by atoms with Crippen molar-refractivity contribution >= 4 is 17.7 Å². The summed E-state index contributed by atoms with van der Waals surface area (Å²) in [6.07, 6.45) is 8.47. The number of Topliss-reactive ketones (excluding diaryl/α,β-unsaturated/α-hetero) is 1. The number of hydrogen-bond donors (Lipinski definition) is 0. The van der Waals surface area contributed by atoms with Crippen LogP contribution in [0.25, 0.3) is 0 Å². The number of unbranched alkanes of at least 4 members (excludes halogenated alkanes) is 6. The van der Waals surface area contributed by atoms with Crippen molar-refractivity contribution in [2.45, 2.75) is 72.1 Å². The molecule has 0 aromatic heterocycles. The summed E-state index contributed by atoms with van der Waals surface area (Å²) in [5.41, 5.74) is 0.457. The van der Waals surface area contributed by atoms with E-state index in [-0.39, 0.29) is 17.3 Å². The van der Waals surface area contributed by atoms with Gasteiger partial charge in [0.2, 0.25) is 0 Å². The van der Waals surface area contributed by atoms with Gasteiger partial charge in [-0.15, -0.1) is 0 Å². The molecule has 0 atom stereocenters. The van der Waals surface area contributed by atoms with Crippen LogP contribution in [-0.4, -0.2) is 17.7 Å². The number of carbonyl (C=O) groups excluding carboxylic acids is 3. The monoisotopic (exact) mass is 348 g/mol. The van der Waals surface area contributed by atoms with Gasteiger partial charge >= 0.3 is 11.9 Å². The molecule has 0 aliphatic carbocycles. The van der Waals surface area contributed by atoms with Crippen LogP contribution in [0.4, 0.5) is 0 Å². The Labute approximate surface area is 149 Å². The molecule has 0 N–H and O–H groups in total. The summed E-state index contributed by atoms with van der Waals surface area (Å²) >= 11 is 0. The Bertz CT molecular complexity index is 592. The molecule has 0 saturated heterocycles. The SMILES string of the molecule is CCCCCCCCCC(=O)c1ccc(OC(C)=O)c(OC(C)=O)c1. The first kappa shape index (κ1) is 20.9. The number of benzene rings is 1. The van der Waals surface area contributed by atoms with Crippen LogP contribution in [0.3, 0.4) is 0 Å². The van der Waals surface area contributed by atoms with Crippen LogP contribution in [0.1, 0.15) is 82.5 Å². The molecule has 5 nitrogen and oxygen atoms in total. The molecule has 25 heavy (non-hydrogen) atoms. The number of hydrogen-bond acceptors (Lipinski definition) is 5. The summed E-state index contributed by atoms with van der Waals surface area (Å²) in [6, 6.07) is 4.54. The van der Waals surface area contributed by atoms with Gasteiger partial charge in [0.1, 0.15) is 0 Å². The Hall–Kier alpha value is -2.17. The molecular formula is C20H28O5. The largest absolute Gasteiger partial charge is 0.423 e. The first-order valence-corrected chi connectivity index (χ1v) is 8.98. The fourth-order valence-corrected chi connectivity index (χ4v) is 2.54. The third kappa shape index (κ3) is 8.47. The maximum atomic E-state index is 12.3. The molecule has 138 valence electrons. The molecule has 0 aliphatic rings. The predicted molar refractivity (Wildman–Crippen MR) is 96.0 cm³/mol. The van der Waals surface area contributed by atoms with E-state index in [9.17, 15) is 14.4 Å². The number of esters is 2. The summed E-state index contributed by atoms with van der Waals surface area (Å²) in [5, 5.41) is 0. The molecule has 0 radical (unpaired) electrons. The number of ketones is 1. The second-order valence-corrected chi connectivity index (χ2v) is 6.14. The van der Waals surface area contributed by atoms with Gasteiger partial charge in [0, 0.05) is 25.8 Å². The lowest BCUT2D eigenvalue weighted by Gasteiger charge is -2.10. The minimum absolute atomic E-state index is 0.00339. The van der Waals surface area contributed by atoms with E-state index in [2.05, 4.69) is 6.92 Å². The second-order valence-electron chi connectivity index (χ2n) is 6.14. The smallest absolute Gasteiger partial charge is 0.308 e. The molecule has 0 fully saturated rings. The Balaban J connectivity index is 2.59. The van der Waals surface area contributed by atoms with Crippen LogP contribution in [0, 0.1) is 0 Å². The summed E-state index contributed by atoms with van der Waals surface area (Å²) < 4.78 is 10.0. The second kappa shape index (κ2) is 11.4. The summed E-state index contributed by atoms with van der Waals surface area (Å²) in [6.45, 7) is 4.71. The van der Waals surface area contributed by atoms with Crippen LogP contribution < -0.4 is 9.47 Å². The van der Waals surface area contributed by atoms with Gasteiger partial charge in [-0.2, -0.15) is 0 Å². The van der Waals surface area contributed by atoms with E-state index in [1.807, 2.05) is 0 Å². The zero-order valence-electron chi connectivity index (χ0n) is 15.4. The third-order valence-corrected chi connectivity index (χ3v) is 3.78. The first-order chi connectivity index (χ1) is 11.9. The maximum absolute atomic E-state index is 12.3. The van der Waals surface area contributed by atoms with Crippen molar-refractivity contribution in [1.29, 1.82) is 0 Å². The van der Waals surface area contributed by atoms with Crippen molar-refractivity contribution in [3.8, 4) is 11.5 Å². The van der Waals surface area contributed by atoms with Crippen LogP contribution in [-0.2, 0) is 9.59 Å². The fourth-order valence-electron chi connectivity index (χ4n) is 2.54. The topological polar surface area (TPSA) is 69.7 Å². The van der Waals surface area contributed by atoms with Gasteiger partial charge in [0.15, 0.2) is 17.3 Å². The number of rotatable bonds is 11. The van der Waals surface area contributed by atoms with Crippen molar-refractivity contribution in [3.63, 3.8) is 0 Å². The van der Waals surface area contributed by atoms with E-state index < -0.39 is 11.9 Å². The average molecular weight is 348 g/mol. The van der Waals surface area contributed by atoms with Gasteiger partial charge in [-0.25, -0.2) is 0 Å². The highest BCUT2D eigenvalue weighted by Gasteiger charge is 2.14. The Kier molecular flexibility index (Phi) is 9.51. The molecule has 0 aliphatic heterocycles. The van der Waals surface area contributed by atoms with E-state index in [0.717, 1.165) is 19.3 Å². The minimum atomic E-state index is -0.537. The van der Waals surface area contributed by atoms with E-state index in [1.165, 1.54) is 51.7 Å². The normalized spacial score (nSPS) is 10.4. The van der Waals surface area contributed by atoms with Crippen molar-refractivity contribution < 1.29 is 23.9 Å². The highest BCUT2D eigenvalue weighted by Crippen LogP contribution is 2.29. The van der Waals surface area contributed by atoms with Gasteiger partial charge in [-0.1, -0.05) is 45.4 Å². The van der Waals surface area contributed by atoms with E-state index in [0.29, 0.717) is 12.0 Å². The van der Waals surface area contributed by atoms with Gasteiger partial charge < -0.3 is 9.47 Å². The molecule has 1 rings (SSSR count). The van der Waals surface area contributed by atoms with Crippen LogP contribution in [0.5, 0.6) is 11.5 Å². The quantitative estimate of drug-likeness (QED) is 0.247. The van der Waals surface area contributed by atoms with Crippen molar-refractivity contribution in [3.05, 3.63) is 23.8 Å². The summed E-state index contributed by atoms with van der Waals surface area (Å²) in [5.74, 6) is -0.833. The molecule has 1 aromatic rings. The van der Waals surface area contributed by atoms with Crippen LogP contribution >= 0.6 is 0 Å². The zero-order valence-corrected chi connectivity index (χ0v) is 15.4. The predicted octanol–water partition coefficient (Wildman–Crippen LogP) is 4.86. The van der Waals surface area contributed by atoms with Gasteiger partial charge in [0.05, 0.1) is 0 Å². The third-order valence-electron chi connectivity index (χ3n) is 3.78. The molecule has 0 spiro atoms.